The Morgan fingerprint density at radius 1 is 1.33 bits per heavy atom. The average molecular weight is 379 g/mol. The van der Waals surface area contributed by atoms with Gasteiger partial charge in [-0.15, -0.1) is 0 Å². The number of hydrogen-bond acceptors (Lipinski definition) is 5. The second-order valence-electron chi connectivity index (χ2n) is 5.00. The number of ketones is 1. The van der Waals surface area contributed by atoms with Crippen LogP contribution in [0.4, 0.5) is 0 Å². The topological polar surface area (TPSA) is 78.6 Å². The fourth-order valence-electron chi connectivity index (χ4n) is 1.38. The highest BCUT2D eigenvalue weighted by atomic mass is 79.9. The number of halogens is 2. The predicted octanol–water partition coefficient (Wildman–Crippen LogP) is 2.54. The van der Waals surface area contributed by atoms with Crippen molar-refractivity contribution in [2.24, 2.45) is 11.1 Å². The van der Waals surface area contributed by atoms with Crippen LogP contribution < -0.4 is 10.5 Å². The molecule has 1 aromatic rings. The molecule has 0 saturated heterocycles. The lowest BCUT2D eigenvalue weighted by Crippen LogP contribution is -2.39. The number of Topliss-reactive ketones (excluding diaryl/α,β-unsaturated/α-hetero) is 1. The molecule has 116 valence electrons. The summed E-state index contributed by atoms with van der Waals surface area (Å²) in [5.41, 5.74) is 4.25. The number of esters is 1. The molecule has 5 nitrogen and oxygen atoms in total. The minimum atomic E-state index is -0.897. The van der Waals surface area contributed by atoms with Crippen molar-refractivity contribution in [2.75, 3.05) is 13.2 Å². The maximum Gasteiger partial charge on any atom is 0.319 e. The third-order valence-electron chi connectivity index (χ3n) is 2.69. The van der Waals surface area contributed by atoms with Gasteiger partial charge in [-0.3, -0.25) is 9.59 Å². The van der Waals surface area contributed by atoms with E-state index >= 15 is 0 Å². The minimum Gasteiger partial charge on any atom is -0.471 e. The van der Waals surface area contributed by atoms with Gasteiger partial charge in [0.05, 0.1) is 12.0 Å². The normalized spacial score (nSPS) is 12.6. The van der Waals surface area contributed by atoms with Crippen LogP contribution in [0.5, 0.6) is 5.75 Å². The van der Waals surface area contributed by atoms with Gasteiger partial charge in [0.25, 0.3) is 0 Å². The van der Waals surface area contributed by atoms with Gasteiger partial charge in [0.1, 0.15) is 12.4 Å². The van der Waals surface area contributed by atoms with Crippen molar-refractivity contribution in [2.45, 2.75) is 18.9 Å². The van der Waals surface area contributed by atoms with Crippen LogP contribution in [-0.2, 0) is 14.3 Å². The minimum absolute atomic E-state index is 0.0616. The quantitative estimate of drug-likeness (QED) is 0.583. The Kier molecular flexibility index (Phi) is 6.64. The van der Waals surface area contributed by atoms with E-state index in [0.717, 1.165) is 0 Å². The Labute approximate surface area is 136 Å². The van der Waals surface area contributed by atoms with Crippen LogP contribution in [0.1, 0.15) is 13.8 Å². The Bertz CT molecular complexity index is 504. The second-order valence-corrected chi connectivity index (χ2v) is 6.27. The summed E-state index contributed by atoms with van der Waals surface area (Å²) in [5, 5.41) is -0.279. The first-order chi connectivity index (χ1) is 9.76. The van der Waals surface area contributed by atoms with E-state index in [0.29, 0.717) is 10.8 Å². The molecule has 0 aromatic heterocycles. The van der Waals surface area contributed by atoms with Gasteiger partial charge in [-0.2, -0.15) is 0 Å². The maximum atomic E-state index is 12.3. The smallest absolute Gasteiger partial charge is 0.319 e. The van der Waals surface area contributed by atoms with Crippen molar-refractivity contribution in [3.05, 3.63) is 29.3 Å². The molecule has 0 fully saturated rings. The van der Waals surface area contributed by atoms with E-state index in [2.05, 4.69) is 15.9 Å². The summed E-state index contributed by atoms with van der Waals surface area (Å²) in [4.78, 5) is 23.4. The third kappa shape index (κ3) is 5.65. The fraction of sp³-hybridized carbons (Fsp3) is 0.429. The Hall–Kier alpha value is -1.11. The Morgan fingerprint density at radius 2 is 1.90 bits per heavy atom. The molecule has 0 aliphatic carbocycles. The van der Waals surface area contributed by atoms with E-state index in [1.165, 1.54) is 0 Å². The lowest BCUT2D eigenvalue weighted by atomic mass is 9.89. The number of nitrogens with two attached hydrogens (primary N) is 1. The SMILES string of the molecule is CC(C)(COC(=O)CN)C(=O)C(Br)Oc1ccc(Cl)cc1. The zero-order valence-electron chi connectivity index (χ0n) is 11.8. The molecule has 1 aromatic carbocycles. The van der Waals surface area contributed by atoms with Gasteiger partial charge in [-0.25, -0.2) is 0 Å². The van der Waals surface area contributed by atoms with Crippen molar-refractivity contribution in [3.63, 3.8) is 0 Å². The van der Waals surface area contributed by atoms with E-state index < -0.39 is 16.4 Å². The van der Waals surface area contributed by atoms with E-state index in [1.54, 1.807) is 38.1 Å². The molecule has 0 spiro atoms. The highest BCUT2D eigenvalue weighted by molar-refractivity contribution is 9.09. The van der Waals surface area contributed by atoms with Gasteiger partial charge < -0.3 is 15.2 Å². The van der Waals surface area contributed by atoms with E-state index in [1.807, 2.05) is 0 Å². The summed E-state index contributed by atoms with van der Waals surface area (Å²) in [6.07, 6.45) is 0. The molecule has 0 bridgehead atoms. The third-order valence-corrected chi connectivity index (χ3v) is 3.54. The van der Waals surface area contributed by atoms with Crippen LogP contribution in [0, 0.1) is 5.41 Å². The summed E-state index contributed by atoms with van der Waals surface area (Å²) >= 11 is 8.96. The first kappa shape index (κ1) is 17.9. The Morgan fingerprint density at radius 3 is 2.43 bits per heavy atom. The standard InChI is InChI=1S/C14H17BrClNO4/c1-14(2,8-20-11(18)7-17)12(19)13(15)21-10-5-3-9(16)4-6-10/h3-6,13H,7-8,17H2,1-2H3. The lowest BCUT2D eigenvalue weighted by molar-refractivity contribution is -0.148. The van der Waals surface area contributed by atoms with Gasteiger partial charge in [0.15, 0.2) is 5.78 Å². The molecule has 21 heavy (non-hydrogen) atoms. The molecular formula is C14H17BrClNO4. The number of ether oxygens (including phenoxy) is 2. The maximum absolute atomic E-state index is 12.3. The van der Waals surface area contributed by atoms with Gasteiger partial charge in [-0.05, 0) is 54.0 Å². The number of rotatable bonds is 7. The summed E-state index contributed by atoms with van der Waals surface area (Å²) in [7, 11) is 0. The van der Waals surface area contributed by atoms with Crippen molar-refractivity contribution in [3.8, 4) is 5.75 Å². The number of alkyl halides is 1. The molecule has 0 aliphatic rings. The van der Waals surface area contributed by atoms with Crippen LogP contribution in [0.25, 0.3) is 0 Å². The number of carbonyl (C=O) groups is 2. The Balaban J connectivity index is 2.63. The van der Waals surface area contributed by atoms with Crippen LogP contribution in [0.15, 0.2) is 24.3 Å². The molecule has 1 rings (SSSR count). The van der Waals surface area contributed by atoms with E-state index in [-0.39, 0.29) is 18.9 Å². The van der Waals surface area contributed by atoms with Crippen LogP contribution in [-0.4, -0.2) is 29.9 Å². The number of hydrogen-bond donors (Lipinski definition) is 1. The summed E-state index contributed by atoms with van der Waals surface area (Å²) in [5.74, 6) is -0.299. The van der Waals surface area contributed by atoms with Crippen LogP contribution in [0.2, 0.25) is 5.02 Å². The van der Waals surface area contributed by atoms with E-state index in [9.17, 15) is 9.59 Å². The zero-order chi connectivity index (χ0) is 16.0. The molecular weight excluding hydrogens is 362 g/mol. The van der Waals surface area contributed by atoms with Gasteiger partial charge in [0.2, 0.25) is 5.01 Å². The van der Waals surface area contributed by atoms with Gasteiger partial charge in [0, 0.05) is 5.02 Å². The van der Waals surface area contributed by atoms with Crippen molar-refractivity contribution < 1.29 is 19.1 Å². The first-order valence-electron chi connectivity index (χ1n) is 6.22. The number of carbonyl (C=O) groups excluding carboxylic acids is 2. The monoisotopic (exact) mass is 377 g/mol. The largest absolute Gasteiger partial charge is 0.471 e. The summed E-state index contributed by atoms with van der Waals surface area (Å²) in [6, 6.07) is 6.64. The zero-order valence-corrected chi connectivity index (χ0v) is 14.1. The molecule has 0 aliphatic heterocycles. The molecule has 2 N–H and O–H groups in total. The van der Waals surface area contributed by atoms with E-state index in [4.69, 9.17) is 26.8 Å². The average Bonchev–Trinajstić information content (AvgIpc) is 2.46. The van der Waals surface area contributed by atoms with Crippen molar-refractivity contribution in [1.29, 1.82) is 0 Å². The first-order valence-corrected chi connectivity index (χ1v) is 7.52. The molecule has 0 amide bonds. The predicted molar refractivity (Wildman–Crippen MR) is 83.6 cm³/mol. The fourth-order valence-corrected chi connectivity index (χ4v) is 2.35. The molecule has 0 saturated carbocycles. The summed E-state index contributed by atoms with van der Waals surface area (Å²) in [6.45, 7) is 3.05. The molecule has 1 atom stereocenters. The second kappa shape index (κ2) is 7.77. The summed E-state index contributed by atoms with van der Waals surface area (Å²) < 4.78 is 10.4. The van der Waals surface area contributed by atoms with Crippen molar-refractivity contribution in [1.82, 2.24) is 0 Å². The lowest BCUT2D eigenvalue weighted by Gasteiger charge is -2.25. The van der Waals surface area contributed by atoms with Gasteiger partial charge >= 0.3 is 5.97 Å². The number of benzene rings is 1. The molecule has 0 heterocycles. The van der Waals surface area contributed by atoms with Crippen LogP contribution >= 0.6 is 27.5 Å². The molecule has 1 unspecified atom stereocenters. The van der Waals surface area contributed by atoms with Crippen LogP contribution in [0.3, 0.4) is 0 Å². The van der Waals surface area contributed by atoms with Crippen molar-refractivity contribution >= 4 is 39.3 Å². The highest BCUT2D eigenvalue weighted by Gasteiger charge is 2.35. The van der Waals surface area contributed by atoms with Gasteiger partial charge in [-0.1, -0.05) is 11.6 Å². The molecule has 7 heteroatoms. The highest BCUT2D eigenvalue weighted by Crippen LogP contribution is 2.25. The molecule has 0 radical (unpaired) electrons.